The molecule has 0 bridgehead atoms. The molecule has 0 saturated heterocycles. The topological polar surface area (TPSA) is 42.4 Å². The number of aromatic nitrogens is 1. The Balaban J connectivity index is 2.58. The number of anilines is 2. The van der Waals surface area contributed by atoms with Crippen LogP contribution in [0.3, 0.4) is 0 Å². The minimum absolute atomic E-state index is 0.0787. The SMILES string of the molecule is CCCCN(c1cc(C(F)(F)F)cc(C(F)(F)F)c1)c1ccc(C(=O)OC)cn1. The average Bonchev–Trinajstić information content (AvgIpc) is 2.66. The fourth-order valence-electron chi connectivity index (χ4n) is 2.57. The third kappa shape index (κ3) is 5.61. The van der Waals surface area contributed by atoms with Gasteiger partial charge in [0.2, 0.25) is 0 Å². The van der Waals surface area contributed by atoms with Crippen molar-refractivity contribution in [2.75, 3.05) is 18.6 Å². The molecule has 0 atom stereocenters. The van der Waals surface area contributed by atoms with Gasteiger partial charge in [-0.25, -0.2) is 9.78 Å². The predicted molar refractivity (Wildman–Crippen MR) is 93.9 cm³/mol. The number of hydrogen-bond acceptors (Lipinski definition) is 4. The number of benzene rings is 1. The molecule has 29 heavy (non-hydrogen) atoms. The highest BCUT2D eigenvalue weighted by Gasteiger charge is 2.37. The van der Waals surface area contributed by atoms with Gasteiger partial charge in [-0.3, -0.25) is 0 Å². The van der Waals surface area contributed by atoms with Crippen LogP contribution < -0.4 is 4.90 Å². The highest BCUT2D eigenvalue weighted by Crippen LogP contribution is 2.39. The van der Waals surface area contributed by atoms with Crippen molar-refractivity contribution in [3.63, 3.8) is 0 Å². The predicted octanol–water partition coefficient (Wildman–Crippen LogP) is 5.84. The summed E-state index contributed by atoms with van der Waals surface area (Å²) >= 11 is 0. The molecule has 0 aliphatic heterocycles. The fourth-order valence-corrected chi connectivity index (χ4v) is 2.57. The highest BCUT2D eigenvalue weighted by atomic mass is 19.4. The van der Waals surface area contributed by atoms with E-state index in [-0.39, 0.29) is 29.7 Å². The lowest BCUT2D eigenvalue weighted by molar-refractivity contribution is -0.143. The molecule has 0 aliphatic carbocycles. The van der Waals surface area contributed by atoms with Crippen LogP contribution in [0.1, 0.15) is 41.3 Å². The first-order valence-corrected chi connectivity index (χ1v) is 8.58. The molecule has 4 nitrogen and oxygen atoms in total. The number of rotatable bonds is 6. The Kier molecular flexibility index (Phi) is 6.76. The molecule has 1 heterocycles. The number of carbonyl (C=O) groups is 1. The standard InChI is InChI=1S/C19H18F6N2O2/c1-3-4-7-27(16-6-5-12(11-26-16)17(28)29-2)15-9-13(18(20,21)22)8-14(10-15)19(23,24)25/h5-6,8-11H,3-4,7H2,1-2H3. The van der Waals surface area contributed by atoms with Crippen LogP contribution in [-0.2, 0) is 17.1 Å². The van der Waals surface area contributed by atoms with E-state index < -0.39 is 29.4 Å². The van der Waals surface area contributed by atoms with Crippen molar-refractivity contribution in [1.82, 2.24) is 4.98 Å². The quantitative estimate of drug-likeness (QED) is 0.435. The minimum atomic E-state index is -4.95. The average molecular weight is 420 g/mol. The number of alkyl halides is 6. The van der Waals surface area contributed by atoms with E-state index in [4.69, 9.17) is 0 Å². The molecule has 0 N–H and O–H groups in total. The van der Waals surface area contributed by atoms with E-state index in [0.29, 0.717) is 25.0 Å². The molecular formula is C19H18F6N2O2. The lowest BCUT2D eigenvalue weighted by atomic mass is 10.1. The number of unbranched alkanes of at least 4 members (excludes halogenated alkanes) is 1. The first-order valence-electron chi connectivity index (χ1n) is 8.58. The van der Waals surface area contributed by atoms with Crippen LogP contribution in [0.15, 0.2) is 36.5 Å². The molecule has 0 saturated carbocycles. The normalized spacial score (nSPS) is 12.0. The van der Waals surface area contributed by atoms with Crippen molar-refractivity contribution in [1.29, 1.82) is 0 Å². The molecule has 158 valence electrons. The van der Waals surface area contributed by atoms with E-state index in [1.54, 1.807) is 0 Å². The van der Waals surface area contributed by atoms with Crippen molar-refractivity contribution >= 4 is 17.5 Å². The number of nitrogens with zero attached hydrogens (tertiary/aromatic N) is 2. The third-order valence-electron chi connectivity index (χ3n) is 4.06. The number of pyridine rings is 1. The van der Waals surface area contributed by atoms with Gasteiger partial charge in [0.1, 0.15) is 5.82 Å². The molecule has 10 heteroatoms. The van der Waals surface area contributed by atoms with E-state index in [1.807, 2.05) is 6.92 Å². The zero-order valence-electron chi connectivity index (χ0n) is 15.6. The van der Waals surface area contributed by atoms with Gasteiger partial charge in [0.05, 0.1) is 23.8 Å². The highest BCUT2D eigenvalue weighted by molar-refractivity contribution is 5.89. The number of esters is 1. The summed E-state index contributed by atoms with van der Waals surface area (Å²) in [6, 6.07) is 4.07. The lowest BCUT2D eigenvalue weighted by Crippen LogP contribution is -2.22. The van der Waals surface area contributed by atoms with Gasteiger partial charge in [-0.15, -0.1) is 0 Å². The van der Waals surface area contributed by atoms with Crippen LogP contribution in [0, 0.1) is 0 Å². The van der Waals surface area contributed by atoms with E-state index in [2.05, 4.69) is 9.72 Å². The Bertz CT molecular complexity index is 815. The minimum Gasteiger partial charge on any atom is -0.465 e. The smallest absolute Gasteiger partial charge is 0.416 e. The second-order valence-corrected chi connectivity index (χ2v) is 6.17. The summed E-state index contributed by atoms with van der Waals surface area (Å²) in [6.45, 7) is 1.97. The Morgan fingerprint density at radius 1 is 1.03 bits per heavy atom. The maximum absolute atomic E-state index is 13.2. The third-order valence-corrected chi connectivity index (χ3v) is 4.06. The maximum atomic E-state index is 13.2. The van der Waals surface area contributed by atoms with Gasteiger partial charge in [0.15, 0.2) is 0 Å². The molecule has 0 fully saturated rings. The van der Waals surface area contributed by atoms with Crippen molar-refractivity contribution in [3.8, 4) is 0 Å². The summed E-state index contributed by atoms with van der Waals surface area (Å²) in [7, 11) is 1.17. The Hall–Kier alpha value is -2.78. The van der Waals surface area contributed by atoms with Gasteiger partial charge < -0.3 is 9.64 Å². The van der Waals surface area contributed by atoms with E-state index in [1.165, 1.54) is 24.1 Å². The van der Waals surface area contributed by atoms with Gasteiger partial charge in [-0.2, -0.15) is 26.3 Å². The van der Waals surface area contributed by atoms with Gasteiger partial charge in [0, 0.05) is 18.4 Å². The van der Waals surface area contributed by atoms with Crippen LogP contribution in [-0.4, -0.2) is 24.6 Å². The van der Waals surface area contributed by atoms with Crippen molar-refractivity contribution in [2.24, 2.45) is 0 Å². The summed E-state index contributed by atoms with van der Waals surface area (Å²) in [5.74, 6) is -0.555. The summed E-state index contributed by atoms with van der Waals surface area (Å²) < 4.78 is 83.6. The molecular weight excluding hydrogens is 402 g/mol. The second kappa shape index (κ2) is 8.71. The van der Waals surface area contributed by atoms with Crippen LogP contribution in [0.4, 0.5) is 37.8 Å². The first-order chi connectivity index (χ1) is 13.5. The summed E-state index contributed by atoms with van der Waals surface area (Å²) in [6.07, 6.45) is -7.60. The van der Waals surface area contributed by atoms with E-state index >= 15 is 0 Å². The van der Waals surface area contributed by atoms with Crippen LogP contribution in [0.2, 0.25) is 0 Å². The van der Waals surface area contributed by atoms with Crippen LogP contribution in [0.25, 0.3) is 0 Å². The van der Waals surface area contributed by atoms with Crippen molar-refractivity contribution in [2.45, 2.75) is 32.1 Å². The number of carbonyl (C=O) groups excluding carboxylic acids is 1. The number of methoxy groups -OCH3 is 1. The molecule has 2 rings (SSSR count). The lowest BCUT2D eigenvalue weighted by Gasteiger charge is -2.26. The number of hydrogen-bond donors (Lipinski definition) is 0. The largest absolute Gasteiger partial charge is 0.465 e. The van der Waals surface area contributed by atoms with Gasteiger partial charge in [0.25, 0.3) is 0 Å². The molecule has 0 unspecified atom stereocenters. The molecule has 1 aromatic carbocycles. The first kappa shape index (κ1) is 22.5. The number of halogens is 6. The monoisotopic (exact) mass is 420 g/mol. The second-order valence-electron chi connectivity index (χ2n) is 6.17. The van der Waals surface area contributed by atoms with E-state index in [9.17, 15) is 31.1 Å². The molecule has 2 aromatic rings. The van der Waals surface area contributed by atoms with Gasteiger partial charge in [-0.1, -0.05) is 13.3 Å². The van der Waals surface area contributed by atoms with E-state index in [0.717, 1.165) is 6.20 Å². The Morgan fingerprint density at radius 3 is 2.03 bits per heavy atom. The summed E-state index contributed by atoms with van der Waals surface area (Å²) in [4.78, 5) is 16.8. The summed E-state index contributed by atoms with van der Waals surface area (Å²) in [5.41, 5.74) is -3.00. The molecule has 0 amide bonds. The number of ether oxygens (including phenoxy) is 1. The van der Waals surface area contributed by atoms with Crippen molar-refractivity contribution in [3.05, 3.63) is 53.2 Å². The molecule has 0 spiro atoms. The Morgan fingerprint density at radius 2 is 1.62 bits per heavy atom. The van der Waals surface area contributed by atoms with Gasteiger partial charge >= 0.3 is 18.3 Å². The maximum Gasteiger partial charge on any atom is 0.416 e. The summed E-state index contributed by atoms with van der Waals surface area (Å²) in [5, 5.41) is 0. The van der Waals surface area contributed by atoms with Crippen LogP contribution in [0.5, 0.6) is 0 Å². The Labute approximate surface area is 163 Å². The van der Waals surface area contributed by atoms with Gasteiger partial charge in [-0.05, 0) is 36.8 Å². The molecule has 0 aliphatic rings. The molecule has 0 radical (unpaired) electrons. The van der Waals surface area contributed by atoms with Crippen molar-refractivity contribution < 1.29 is 35.9 Å². The molecule has 1 aromatic heterocycles. The zero-order chi connectivity index (χ0) is 21.8. The van der Waals surface area contributed by atoms with Crippen LogP contribution >= 0.6 is 0 Å². The fraction of sp³-hybridized carbons (Fsp3) is 0.368. The zero-order valence-corrected chi connectivity index (χ0v) is 15.6.